The number of nitrogens with zero attached hydrogens (tertiary/aromatic N) is 4. The quantitative estimate of drug-likeness (QED) is 0.761. The van der Waals surface area contributed by atoms with Crippen molar-refractivity contribution in [3.05, 3.63) is 18.0 Å². The van der Waals surface area contributed by atoms with E-state index in [0.717, 1.165) is 39.1 Å². The van der Waals surface area contributed by atoms with E-state index < -0.39 is 0 Å². The Bertz CT molecular complexity index is 443. The molecule has 0 radical (unpaired) electrons. The summed E-state index contributed by atoms with van der Waals surface area (Å²) in [6, 6.07) is 0. The van der Waals surface area contributed by atoms with Crippen LogP contribution in [0.5, 0.6) is 0 Å². The molecule has 2 heterocycles. The van der Waals surface area contributed by atoms with Crippen molar-refractivity contribution in [3.8, 4) is 0 Å². The molecular formula is C14H23N5O2. The molecule has 1 aliphatic rings. The molecule has 1 N–H and O–H groups in total. The zero-order valence-electron chi connectivity index (χ0n) is 12.7. The monoisotopic (exact) mass is 293 g/mol. The predicted molar refractivity (Wildman–Crippen MR) is 80.4 cm³/mol. The third-order valence-electron chi connectivity index (χ3n) is 3.50. The second kappa shape index (κ2) is 7.90. The Morgan fingerprint density at radius 1 is 1.29 bits per heavy atom. The Labute approximate surface area is 125 Å². The number of piperazine rings is 1. The Kier molecular flexibility index (Phi) is 5.89. The average Bonchev–Trinajstić information content (AvgIpc) is 2.52. The highest BCUT2D eigenvalue weighted by Crippen LogP contribution is 2.07. The van der Waals surface area contributed by atoms with E-state index >= 15 is 0 Å². The molecule has 0 spiro atoms. The number of likely N-dealkylation sites (N-methyl/N-ethyl adjacent to an activating group) is 1. The molecule has 7 nitrogen and oxygen atoms in total. The van der Waals surface area contributed by atoms with Gasteiger partial charge in [0.05, 0.1) is 5.56 Å². The Hall–Kier alpha value is -1.73. The lowest BCUT2D eigenvalue weighted by atomic mass is 10.2. The van der Waals surface area contributed by atoms with Crippen LogP contribution in [-0.2, 0) is 4.74 Å². The van der Waals surface area contributed by atoms with Gasteiger partial charge in [0.25, 0.3) is 5.91 Å². The van der Waals surface area contributed by atoms with Crippen LogP contribution in [0, 0.1) is 0 Å². The molecule has 116 valence electrons. The lowest BCUT2D eigenvalue weighted by Crippen LogP contribution is -2.47. The van der Waals surface area contributed by atoms with Crippen LogP contribution in [0.1, 0.15) is 16.8 Å². The van der Waals surface area contributed by atoms with Crippen LogP contribution in [-0.4, -0.2) is 79.2 Å². The van der Waals surface area contributed by atoms with Crippen molar-refractivity contribution >= 4 is 11.9 Å². The summed E-state index contributed by atoms with van der Waals surface area (Å²) >= 11 is 0. The van der Waals surface area contributed by atoms with Crippen molar-refractivity contribution in [2.75, 3.05) is 58.8 Å². The van der Waals surface area contributed by atoms with Crippen LogP contribution in [0.15, 0.2) is 12.4 Å². The first kappa shape index (κ1) is 15.7. The maximum absolute atomic E-state index is 12.3. The largest absolute Gasteiger partial charge is 0.385 e. The van der Waals surface area contributed by atoms with Crippen LogP contribution in [0.4, 0.5) is 5.95 Å². The highest BCUT2D eigenvalue weighted by Gasteiger charge is 2.20. The van der Waals surface area contributed by atoms with Crippen LogP contribution in [0.2, 0.25) is 0 Å². The molecule has 1 fully saturated rings. The number of hydrogen-bond donors (Lipinski definition) is 1. The number of carbonyl (C=O) groups excluding carboxylic acids is 1. The van der Waals surface area contributed by atoms with Gasteiger partial charge in [-0.2, -0.15) is 0 Å². The molecule has 0 bridgehead atoms. The summed E-state index contributed by atoms with van der Waals surface area (Å²) in [5.74, 6) is 0.551. The van der Waals surface area contributed by atoms with Crippen molar-refractivity contribution in [1.29, 1.82) is 0 Å². The third kappa shape index (κ3) is 4.64. The van der Waals surface area contributed by atoms with Crippen LogP contribution >= 0.6 is 0 Å². The summed E-state index contributed by atoms with van der Waals surface area (Å²) < 4.78 is 4.97. The maximum atomic E-state index is 12.3. The molecule has 0 atom stereocenters. The number of ether oxygens (including phenoxy) is 1. The van der Waals surface area contributed by atoms with E-state index in [2.05, 4.69) is 27.2 Å². The number of carbonyl (C=O) groups is 1. The van der Waals surface area contributed by atoms with Crippen molar-refractivity contribution in [3.63, 3.8) is 0 Å². The number of rotatable bonds is 6. The number of aromatic nitrogens is 2. The third-order valence-corrected chi connectivity index (χ3v) is 3.50. The van der Waals surface area contributed by atoms with Gasteiger partial charge in [0, 0.05) is 58.8 Å². The van der Waals surface area contributed by atoms with Gasteiger partial charge in [-0.3, -0.25) is 4.79 Å². The van der Waals surface area contributed by atoms with Gasteiger partial charge in [-0.1, -0.05) is 0 Å². The summed E-state index contributed by atoms with van der Waals surface area (Å²) in [6.45, 7) is 4.78. The minimum Gasteiger partial charge on any atom is -0.385 e. The fourth-order valence-corrected chi connectivity index (χ4v) is 2.14. The van der Waals surface area contributed by atoms with Gasteiger partial charge in [0.1, 0.15) is 0 Å². The standard InChI is InChI=1S/C14H23N5O2/c1-18-5-7-19(8-6-18)13(20)12-10-16-14(17-11-12)15-4-3-9-21-2/h10-11H,3-9H2,1-2H3,(H,15,16,17). The van der Waals surface area contributed by atoms with E-state index in [-0.39, 0.29) is 5.91 Å². The molecule has 0 saturated carbocycles. The van der Waals surface area contributed by atoms with E-state index in [1.165, 1.54) is 0 Å². The molecule has 1 saturated heterocycles. The van der Waals surface area contributed by atoms with Crippen LogP contribution in [0.25, 0.3) is 0 Å². The van der Waals surface area contributed by atoms with Crippen molar-refractivity contribution in [2.45, 2.75) is 6.42 Å². The number of anilines is 1. The second-order valence-electron chi connectivity index (χ2n) is 5.16. The van der Waals surface area contributed by atoms with Crippen LogP contribution in [0.3, 0.4) is 0 Å². The Morgan fingerprint density at radius 2 is 1.95 bits per heavy atom. The first-order valence-corrected chi connectivity index (χ1v) is 7.23. The summed E-state index contributed by atoms with van der Waals surface area (Å²) in [6.07, 6.45) is 4.07. The minimum atomic E-state index is 0.00836. The van der Waals surface area contributed by atoms with Gasteiger partial charge in [0.15, 0.2) is 0 Å². The molecule has 1 amide bonds. The fourth-order valence-electron chi connectivity index (χ4n) is 2.14. The van der Waals surface area contributed by atoms with E-state index in [4.69, 9.17) is 4.74 Å². The Morgan fingerprint density at radius 3 is 2.57 bits per heavy atom. The van der Waals surface area contributed by atoms with Gasteiger partial charge in [-0.15, -0.1) is 0 Å². The Balaban J connectivity index is 1.85. The smallest absolute Gasteiger partial charge is 0.257 e. The SMILES string of the molecule is COCCCNc1ncc(C(=O)N2CCN(C)CC2)cn1. The number of amides is 1. The van der Waals surface area contributed by atoms with Crippen molar-refractivity contribution in [1.82, 2.24) is 19.8 Å². The highest BCUT2D eigenvalue weighted by atomic mass is 16.5. The average molecular weight is 293 g/mol. The van der Waals surface area contributed by atoms with Crippen molar-refractivity contribution in [2.24, 2.45) is 0 Å². The minimum absolute atomic E-state index is 0.00836. The lowest BCUT2D eigenvalue weighted by molar-refractivity contribution is 0.0663. The molecule has 1 aliphatic heterocycles. The number of methoxy groups -OCH3 is 1. The van der Waals surface area contributed by atoms with Crippen LogP contribution < -0.4 is 5.32 Å². The molecular weight excluding hydrogens is 270 g/mol. The number of hydrogen-bond acceptors (Lipinski definition) is 6. The number of nitrogens with one attached hydrogen (secondary N) is 1. The predicted octanol–water partition coefficient (Wildman–Crippen LogP) is 0.313. The van der Waals surface area contributed by atoms with Gasteiger partial charge in [0.2, 0.25) is 5.95 Å². The highest BCUT2D eigenvalue weighted by molar-refractivity contribution is 5.93. The first-order chi connectivity index (χ1) is 10.2. The van der Waals surface area contributed by atoms with Gasteiger partial charge >= 0.3 is 0 Å². The molecule has 1 aromatic heterocycles. The molecule has 0 aliphatic carbocycles. The maximum Gasteiger partial charge on any atom is 0.257 e. The molecule has 0 unspecified atom stereocenters. The van der Waals surface area contributed by atoms with E-state index in [0.29, 0.717) is 18.1 Å². The van der Waals surface area contributed by atoms with Gasteiger partial charge in [-0.25, -0.2) is 9.97 Å². The second-order valence-corrected chi connectivity index (χ2v) is 5.16. The van der Waals surface area contributed by atoms with E-state index in [1.54, 1.807) is 19.5 Å². The summed E-state index contributed by atoms with van der Waals surface area (Å²) in [5, 5.41) is 3.10. The summed E-state index contributed by atoms with van der Waals surface area (Å²) in [5.41, 5.74) is 0.544. The van der Waals surface area contributed by atoms with E-state index in [1.807, 2.05) is 4.90 Å². The van der Waals surface area contributed by atoms with Gasteiger partial charge in [-0.05, 0) is 13.5 Å². The molecule has 21 heavy (non-hydrogen) atoms. The summed E-state index contributed by atoms with van der Waals surface area (Å²) in [4.78, 5) is 24.7. The summed E-state index contributed by atoms with van der Waals surface area (Å²) in [7, 11) is 3.74. The lowest BCUT2D eigenvalue weighted by Gasteiger charge is -2.32. The molecule has 2 rings (SSSR count). The molecule has 0 aromatic carbocycles. The fraction of sp³-hybridized carbons (Fsp3) is 0.643. The topological polar surface area (TPSA) is 70.6 Å². The van der Waals surface area contributed by atoms with Gasteiger partial charge < -0.3 is 19.9 Å². The van der Waals surface area contributed by atoms with E-state index in [9.17, 15) is 4.79 Å². The molecule has 7 heteroatoms. The van der Waals surface area contributed by atoms with Crippen molar-refractivity contribution < 1.29 is 9.53 Å². The first-order valence-electron chi connectivity index (χ1n) is 7.23. The zero-order chi connectivity index (χ0) is 15.1. The molecule has 1 aromatic rings. The normalized spacial score (nSPS) is 16.0. The zero-order valence-corrected chi connectivity index (χ0v) is 12.7.